The van der Waals surface area contributed by atoms with Crippen LogP contribution in [0.5, 0.6) is 0 Å². The zero-order valence-electron chi connectivity index (χ0n) is 10.6. The summed E-state index contributed by atoms with van der Waals surface area (Å²) in [7, 11) is 0. The zero-order valence-corrected chi connectivity index (χ0v) is 10.6. The molecule has 1 atom stereocenters. The molecule has 0 aromatic heterocycles. The maximum atomic E-state index is 11.4. The number of ketones is 1. The van der Waals surface area contributed by atoms with E-state index >= 15 is 0 Å². The standard InChI is InChI=1S/C14H18N2O2/c1-10(17)11-5-4-6-12(9-11)13-7-2-3-8-16(13)14(15)18/h4-6,9,13H,2-3,7-8H2,1H3,(H2,15,18). The Hall–Kier alpha value is -1.84. The van der Waals surface area contributed by atoms with E-state index in [0.717, 1.165) is 24.8 Å². The summed E-state index contributed by atoms with van der Waals surface area (Å²) in [5.74, 6) is 0.0401. The number of benzene rings is 1. The number of amides is 2. The molecule has 1 aliphatic heterocycles. The van der Waals surface area contributed by atoms with E-state index in [0.29, 0.717) is 12.1 Å². The van der Waals surface area contributed by atoms with Crippen molar-refractivity contribution >= 4 is 11.8 Å². The third-order valence-electron chi connectivity index (χ3n) is 3.46. The van der Waals surface area contributed by atoms with Crippen molar-refractivity contribution in [2.45, 2.75) is 32.2 Å². The normalized spacial score (nSPS) is 19.6. The Bertz CT molecular complexity index is 471. The number of piperidine rings is 1. The monoisotopic (exact) mass is 246 g/mol. The molecular weight excluding hydrogens is 228 g/mol. The minimum Gasteiger partial charge on any atom is -0.351 e. The van der Waals surface area contributed by atoms with E-state index in [1.54, 1.807) is 17.9 Å². The molecule has 1 aromatic rings. The predicted octanol–water partition coefficient (Wildman–Crippen LogP) is 2.49. The second-order valence-corrected chi connectivity index (χ2v) is 4.72. The number of hydrogen-bond donors (Lipinski definition) is 1. The second kappa shape index (κ2) is 5.21. The summed E-state index contributed by atoms with van der Waals surface area (Å²) in [5, 5.41) is 0. The van der Waals surface area contributed by atoms with Crippen molar-refractivity contribution in [3.8, 4) is 0 Å². The maximum Gasteiger partial charge on any atom is 0.315 e. The largest absolute Gasteiger partial charge is 0.351 e. The van der Waals surface area contributed by atoms with Gasteiger partial charge in [0.15, 0.2) is 5.78 Å². The van der Waals surface area contributed by atoms with E-state index in [-0.39, 0.29) is 17.9 Å². The fraction of sp³-hybridized carbons (Fsp3) is 0.429. The smallest absolute Gasteiger partial charge is 0.315 e. The van der Waals surface area contributed by atoms with Crippen LogP contribution in [0.4, 0.5) is 4.79 Å². The number of nitrogens with two attached hydrogens (primary N) is 1. The van der Waals surface area contributed by atoms with Crippen molar-refractivity contribution in [2.24, 2.45) is 5.73 Å². The third-order valence-corrected chi connectivity index (χ3v) is 3.46. The summed E-state index contributed by atoms with van der Waals surface area (Å²) in [5.41, 5.74) is 7.10. The van der Waals surface area contributed by atoms with Gasteiger partial charge in [0, 0.05) is 12.1 Å². The molecule has 1 aromatic carbocycles. The van der Waals surface area contributed by atoms with E-state index in [4.69, 9.17) is 5.73 Å². The summed E-state index contributed by atoms with van der Waals surface area (Å²) in [4.78, 5) is 24.5. The van der Waals surface area contributed by atoms with Gasteiger partial charge in [-0.25, -0.2) is 4.79 Å². The van der Waals surface area contributed by atoms with Gasteiger partial charge >= 0.3 is 6.03 Å². The van der Waals surface area contributed by atoms with Gasteiger partial charge in [-0.2, -0.15) is 0 Å². The van der Waals surface area contributed by atoms with Crippen LogP contribution in [0.1, 0.15) is 48.1 Å². The van der Waals surface area contributed by atoms with Gasteiger partial charge in [0.05, 0.1) is 6.04 Å². The molecule has 2 N–H and O–H groups in total. The highest BCUT2D eigenvalue weighted by Gasteiger charge is 2.26. The highest BCUT2D eigenvalue weighted by Crippen LogP contribution is 2.30. The van der Waals surface area contributed by atoms with Gasteiger partial charge in [-0.05, 0) is 37.8 Å². The lowest BCUT2D eigenvalue weighted by atomic mass is 9.94. The van der Waals surface area contributed by atoms with Crippen LogP contribution < -0.4 is 5.73 Å². The molecule has 1 fully saturated rings. The average molecular weight is 246 g/mol. The first kappa shape index (κ1) is 12.6. The van der Waals surface area contributed by atoms with Crippen LogP contribution in [0.25, 0.3) is 0 Å². The molecule has 0 radical (unpaired) electrons. The second-order valence-electron chi connectivity index (χ2n) is 4.72. The first-order chi connectivity index (χ1) is 8.59. The molecule has 96 valence electrons. The number of hydrogen-bond acceptors (Lipinski definition) is 2. The van der Waals surface area contributed by atoms with Crippen LogP contribution in [-0.4, -0.2) is 23.3 Å². The Kier molecular flexibility index (Phi) is 3.65. The van der Waals surface area contributed by atoms with Crippen molar-refractivity contribution in [3.63, 3.8) is 0 Å². The molecule has 1 saturated heterocycles. The van der Waals surface area contributed by atoms with Gasteiger partial charge < -0.3 is 10.6 Å². The minimum absolute atomic E-state index is 0.00977. The number of carbonyl (C=O) groups excluding carboxylic acids is 2. The maximum absolute atomic E-state index is 11.4. The molecule has 2 rings (SSSR count). The SMILES string of the molecule is CC(=O)c1cccc(C2CCCCN2C(N)=O)c1. The van der Waals surface area contributed by atoms with Gasteiger partial charge in [0.1, 0.15) is 0 Å². The lowest BCUT2D eigenvalue weighted by Crippen LogP contribution is -2.41. The average Bonchev–Trinajstić information content (AvgIpc) is 2.39. The van der Waals surface area contributed by atoms with Crippen molar-refractivity contribution in [1.29, 1.82) is 0 Å². The van der Waals surface area contributed by atoms with Gasteiger partial charge in [-0.1, -0.05) is 18.2 Å². The molecule has 0 aliphatic carbocycles. The molecule has 1 unspecified atom stereocenters. The summed E-state index contributed by atoms with van der Waals surface area (Å²) >= 11 is 0. The molecule has 18 heavy (non-hydrogen) atoms. The zero-order chi connectivity index (χ0) is 13.1. The molecular formula is C14H18N2O2. The fourth-order valence-corrected chi connectivity index (χ4v) is 2.51. The van der Waals surface area contributed by atoms with Crippen molar-refractivity contribution in [3.05, 3.63) is 35.4 Å². The van der Waals surface area contributed by atoms with Crippen LogP contribution >= 0.6 is 0 Å². The van der Waals surface area contributed by atoms with E-state index in [1.165, 1.54) is 0 Å². The Morgan fingerprint density at radius 3 is 2.78 bits per heavy atom. The van der Waals surface area contributed by atoms with Crippen LogP contribution in [-0.2, 0) is 0 Å². The molecule has 4 nitrogen and oxygen atoms in total. The Morgan fingerprint density at radius 1 is 1.33 bits per heavy atom. The molecule has 2 amide bonds. The summed E-state index contributed by atoms with van der Waals surface area (Å²) < 4.78 is 0. The number of carbonyl (C=O) groups is 2. The van der Waals surface area contributed by atoms with Gasteiger partial charge in [0.2, 0.25) is 0 Å². The Labute approximate surface area is 107 Å². The van der Waals surface area contributed by atoms with Gasteiger partial charge in [-0.3, -0.25) is 4.79 Å². The van der Waals surface area contributed by atoms with Crippen LogP contribution in [0.2, 0.25) is 0 Å². The number of Topliss-reactive ketones (excluding diaryl/α,β-unsaturated/α-hetero) is 1. The molecule has 1 heterocycles. The van der Waals surface area contributed by atoms with E-state index in [1.807, 2.05) is 18.2 Å². The molecule has 1 aliphatic rings. The van der Waals surface area contributed by atoms with Crippen molar-refractivity contribution < 1.29 is 9.59 Å². The first-order valence-corrected chi connectivity index (χ1v) is 6.26. The lowest BCUT2D eigenvalue weighted by molar-refractivity contribution is 0.101. The highest BCUT2D eigenvalue weighted by molar-refractivity contribution is 5.94. The molecule has 0 bridgehead atoms. The quantitative estimate of drug-likeness (QED) is 0.815. The number of rotatable bonds is 2. The summed E-state index contributed by atoms with van der Waals surface area (Å²) in [6.07, 6.45) is 2.98. The van der Waals surface area contributed by atoms with Crippen LogP contribution in [0, 0.1) is 0 Å². The van der Waals surface area contributed by atoms with Crippen LogP contribution in [0.3, 0.4) is 0 Å². The lowest BCUT2D eigenvalue weighted by Gasteiger charge is -2.34. The summed E-state index contributed by atoms with van der Waals surface area (Å²) in [6, 6.07) is 7.11. The minimum atomic E-state index is -0.382. The summed E-state index contributed by atoms with van der Waals surface area (Å²) in [6.45, 7) is 2.25. The van der Waals surface area contributed by atoms with E-state index in [2.05, 4.69) is 0 Å². The van der Waals surface area contributed by atoms with E-state index in [9.17, 15) is 9.59 Å². The number of primary amides is 1. The highest BCUT2D eigenvalue weighted by atomic mass is 16.2. The molecule has 0 saturated carbocycles. The number of nitrogens with zero attached hydrogens (tertiary/aromatic N) is 1. The Morgan fingerprint density at radius 2 is 2.11 bits per heavy atom. The number of likely N-dealkylation sites (tertiary alicyclic amines) is 1. The molecule has 4 heteroatoms. The molecule has 0 spiro atoms. The fourth-order valence-electron chi connectivity index (χ4n) is 2.51. The predicted molar refractivity (Wildman–Crippen MR) is 69.3 cm³/mol. The number of urea groups is 1. The third kappa shape index (κ3) is 2.53. The van der Waals surface area contributed by atoms with E-state index < -0.39 is 0 Å². The topological polar surface area (TPSA) is 63.4 Å². The van der Waals surface area contributed by atoms with Gasteiger partial charge in [-0.15, -0.1) is 0 Å². The first-order valence-electron chi connectivity index (χ1n) is 6.26. The van der Waals surface area contributed by atoms with Crippen LogP contribution in [0.15, 0.2) is 24.3 Å². The van der Waals surface area contributed by atoms with Gasteiger partial charge in [0.25, 0.3) is 0 Å². The van der Waals surface area contributed by atoms with Crippen molar-refractivity contribution in [2.75, 3.05) is 6.54 Å². The van der Waals surface area contributed by atoms with Crippen molar-refractivity contribution in [1.82, 2.24) is 4.90 Å². The Balaban J connectivity index is 2.30.